The fraction of sp³-hybridized carbons (Fsp3) is 1.00. The molecule has 6 heavy (non-hydrogen) atoms. The maximum Gasteiger partial charge on any atom is 0.0776 e. The van der Waals surface area contributed by atoms with E-state index in [1.54, 1.807) is 0 Å². The van der Waals surface area contributed by atoms with Gasteiger partial charge in [0.25, 0.3) is 0 Å². The molecular formula is C2H9B3Pt. The van der Waals surface area contributed by atoms with Crippen LogP contribution in [0.25, 0.3) is 0 Å². The Hall–Kier alpha value is 0.883. The molecule has 0 saturated heterocycles. The first-order chi connectivity index (χ1) is 2.41. The van der Waals surface area contributed by atoms with Crippen LogP contribution in [0.3, 0.4) is 0 Å². The summed E-state index contributed by atoms with van der Waals surface area (Å²) in [6.45, 7) is 2.21. The molecule has 0 N–H and O–H groups in total. The van der Waals surface area contributed by atoms with E-state index in [4.69, 9.17) is 0 Å². The summed E-state index contributed by atoms with van der Waals surface area (Å²) >= 11 is 0. The van der Waals surface area contributed by atoms with Crippen LogP contribution in [0.5, 0.6) is 0 Å². The normalized spacial score (nSPS) is 5.50. The van der Waals surface area contributed by atoms with E-state index < -0.39 is 0 Å². The first-order valence-electron chi connectivity index (χ1n) is 2.41. The van der Waals surface area contributed by atoms with Crippen molar-refractivity contribution in [1.29, 1.82) is 0 Å². The molecule has 0 saturated carbocycles. The molecule has 0 spiro atoms. The molecule has 0 aromatic heterocycles. The molecule has 4 heteroatoms. The van der Waals surface area contributed by atoms with Crippen molar-refractivity contribution in [2.75, 3.05) is 0 Å². The fourth-order valence-electron chi connectivity index (χ4n) is 0.354. The summed E-state index contributed by atoms with van der Waals surface area (Å²) in [6.07, 6.45) is 1.34. The van der Waals surface area contributed by atoms with Gasteiger partial charge in [-0.05, 0) is 0 Å². The minimum atomic E-state index is 0. The van der Waals surface area contributed by atoms with Crippen LogP contribution in [0.4, 0.5) is 0 Å². The van der Waals surface area contributed by atoms with Crippen molar-refractivity contribution >= 4 is 22.0 Å². The van der Waals surface area contributed by atoms with Crippen LogP contribution in [-0.4, -0.2) is 22.0 Å². The Bertz CT molecular complexity index is 16.3. The van der Waals surface area contributed by atoms with Gasteiger partial charge in [-0.1, -0.05) is 13.2 Å². The maximum atomic E-state index is 2.21. The summed E-state index contributed by atoms with van der Waals surface area (Å²) in [5.41, 5.74) is 0. The molecule has 36 valence electrons. The average molecular weight is 261 g/mol. The molecule has 0 amide bonds. The Morgan fingerprint density at radius 3 is 2.17 bits per heavy atom. The third-order valence-electron chi connectivity index (χ3n) is 0.707. The molecule has 0 rings (SSSR count). The Morgan fingerprint density at radius 1 is 1.67 bits per heavy atom. The zero-order valence-electron chi connectivity index (χ0n) is 4.44. The zero-order chi connectivity index (χ0) is 4.12. The van der Waals surface area contributed by atoms with E-state index in [2.05, 4.69) is 14.7 Å². The van der Waals surface area contributed by atoms with Gasteiger partial charge in [0, 0.05) is 21.1 Å². The van der Waals surface area contributed by atoms with E-state index in [0.717, 1.165) is 0 Å². The van der Waals surface area contributed by atoms with Crippen molar-refractivity contribution in [3.63, 3.8) is 0 Å². The number of hydrogen-bond donors (Lipinski definition) is 0. The number of rotatable bonds is 2. The van der Waals surface area contributed by atoms with Crippen LogP contribution in [-0.2, 0) is 21.1 Å². The standard InChI is InChI=1S/C2H9B3.Pt/c1-2-4-5-3;/h4-5H,2-3H2,1H3;. The van der Waals surface area contributed by atoms with E-state index in [0.29, 0.717) is 0 Å². The first-order valence-corrected chi connectivity index (χ1v) is 2.41. The molecular weight excluding hydrogens is 252 g/mol. The second-order valence-electron chi connectivity index (χ2n) is 1.35. The van der Waals surface area contributed by atoms with Gasteiger partial charge in [-0.25, -0.2) is 0 Å². The molecule has 0 nitrogen and oxygen atoms in total. The van der Waals surface area contributed by atoms with Crippen molar-refractivity contribution in [2.24, 2.45) is 0 Å². The predicted molar refractivity (Wildman–Crippen MR) is 33.3 cm³/mol. The third kappa shape index (κ3) is 8.86. The molecule has 0 atom stereocenters. The van der Waals surface area contributed by atoms with Gasteiger partial charge < -0.3 is 0 Å². The van der Waals surface area contributed by atoms with Gasteiger partial charge in [-0.15, -0.1) is 0 Å². The van der Waals surface area contributed by atoms with Gasteiger partial charge in [0.1, 0.15) is 0 Å². The summed E-state index contributed by atoms with van der Waals surface area (Å²) in [6, 6.07) is 0. The van der Waals surface area contributed by atoms with E-state index in [1.165, 1.54) is 20.6 Å². The third-order valence-corrected chi connectivity index (χ3v) is 0.707. The van der Waals surface area contributed by atoms with Crippen molar-refractivity contribution in [1.82, 2.24) is 0 Å². The number of hydrogen-bond acceptors (Lipinski definition) is 0. The van der Waals surface area contributed by atoms with Crippen molar-refractivity contribution in [2.45, 2.75) is 13.2 Å². The summed E-state index contributed by atoms with van der Waals surface area (Å²) in [7, 11) is 4.94. The molecule has 0 bridgehead atoms. The molecule has 0 fully saturated rings. The van der Waals surface area contributed by atoms with Crippen molar-refractivity contribution in [3.05, 3.63) is 0 Å². The van der Waals surface area contributed by atoms with E-state index in [-0.39, 0.29) is 21.1 Å². The molecule has 0 aliphatic heterocycles. The van der Waals surface area contributed by atoms with Crippen LogP contribution < -0.4 is 0 Å². The van der Waals surface area contributed by atoms with Crippen LogP contribution in [0.15, 0.2) is 0 Å². The van der Waals surface area contributed by atoms with Crippen LogP contribution >= 0.6 is 0 Å². The Morgan fingerprint density at radius 2 is 2.17 bits per heavy atom. The minimum Gasteiger partial charge on any atom is -0.0881 e. The second-order valence-corrected chi connectivity index (χ2v) is 1.35. The van der Waals surface area contributed by atoms with Gasteiger partial charge in [-0.3, -0.25) is 0 Å². The monoisotopic (exact) mass is 261 g/mol. The van der Waals surface area contributed by atoms with E-state index in [9.17, 15) is 0 Å². The van der Waals surface area contributed by atoms with E-state index in [1.807, 2.05) is 0 Å². The molecule has 0 radical (unpaired) electrons. The summed E-state index contributed by atoms with van der Waals surface area (Å²) in [4.78, 5) is 0. The molecule has 0 unspecified atom stereocenters. The van der Waals surface area contributed by atoms with Crippen LogP contribution in [0.1, 0.15) is 6.92 Å². The molecule has 0 aromatic rings. The van der Waals surface area contributed by atoms with Crippen molar-refractivity contribution in [3.8, 4) is 0 Å². The smallest absolute Gasteiger partial charge is 0.0776 e. The molecule has 0 aromatic carbocycles. The molecule has 0 heterocycles. The van der Waals surface area contributed by atoms with Gasteiger partial charge >= 0.3 is 0 Å². The average Bonchev–Trinajstić information content (AvgIpc) is 1.41. The van der Waals surface area contributed by atoms with Gasteiger partial charge in [0.15, 0.2) is 0 Å². The van der Waals surface area contributed by atoms with Crippen LogP contribution in [0.2, 0.25) is 6.32 Å². The fourth-order valence-corrected chi connectivity index (χ4v) is 0.354. The first kappa shape index (κ1) is 9.99. The van der Waals surface area contributed by atoms with Crippen molar-refractivity contribution < 1.29 is 21.1 Å². The van der Waals surface area contributed by atoms with Gasteiger partial charge in [-0.2, -0.15) is 0 Å². The summed E-state index contributed by atoms with van der Waals surface area (Å²) in [5, 5.41) is 0. The Labute approximate surface area is 56.6 Å². The minimum absolute atomic E-state index is 0. The van der Waals surface area contributed by atoms with E-state index >= 15 is 0 Å². The predicted octanol–water partition coefficient (Wildman–Crippen LogP) is -1.24. The molecule has 0 aliphatic carbocycles. The maximum absolute atomic E-state index is 2.21. The topological polar surface area (TPSA) is 0 Å². The summed E-state index contributed by atoms with van der Waals surface area (Å²) < 4.78 is 0. The summed E-state index contributed by atoms with van der Waals surface area (Å²) in [5.74, 6) is 0. The Kier molecular flexibility index (Phi) is 15.5. The van der Waals surface area contributed by atoms with Crippen LogP contribution in [0, 0.1) is 0 Å². The SMILES string of the molecule is BBBCC.[Pt]. The second kappa shape index (κ2) is 9.30. The molecule has 0 aliphatic rings. The Balaban J connectivity index is 0. The van der Waals surface area contributed by atoms with Gasteiger partial charge in [0.05, 0.1) is 22.0 Å². The quantitative estimate of drug-likeness (QED) is 0.545. The van der Waals surface area contributed by atoms with Gasteiger partial charge in [0.2, 0.25) is 0 Å². The largest absolute Gasteiger partial charge is 0.0881 e. The zero-order valence-corrected chi connectivity index (χ0v) is 6.71.